The summed E-state index contributed by atoms with van der Waals surface area (Å²) in [5, 5.41) is 63.9. The van der Waals surface area contributed by atoms with Gasteiger partial charge in [0.25, 0.3) is 0 Å². The maximum absolute atomic E-state index is 13.0. The van der Waals surface area contributed by atoms with Crippen molar-refractivity contribution in [2.24, 2.45) is 27.1 Å². The Balaban J connectivity index is 0.000000500. The van der Waals surface area contributed by atoms with E-state index in [0.717, 1.165) is 30.5 Å². The van der Waals surface area contributed by atoms with Crippen molar-refractivity contribution in [3.05, 3.63) is 120 Å². The van der Waals surface area contributed by atoms with Crippen molar-refractivity contribution in [1.29, 1.82) is 0 Å². The number of esters is 5. The molecule has 0 fully saturated rings. The maximum Gasteiger partial charge on any atom is 0.316 e. The lowest BCUT2D eigenvalue weighted by atomic mass is 9.91. The quantitative estimate of drug-likeness (QED) is 0.0259. The molecule has 17 nitrogen and oxygen atoms in total. The number of hydrogen-bond acceptors (Lipinski definition) is 17. The van der Waals surface area contributed by atoms with Gasteiger partial charge < -0.3 is 59.4 Å². The van der Waals surface area contributed by atoms with Crippen molar-refractivity contribution >= 4 is 29.8 Å². The minimum absolute atomic E-state index is 0.0934. The van der Waals surface area contributed by atoms with Crippen LogP contribution in [0.3, 0.4) is 0 Å². The summed E-state index contributed by atoms with van der Waals surface area (Å²) in [6.45, 7) is 28.1. The molecule has 0 aliphatic rings. The summed E-state index contributed by atoms with van der Waals surface area (Å²) in [7, 11) is 0. The first-order valence-corrected chi connectivity index (χ1v) is 26.1. The summed E-state index contributed by atoms with van der Waals surface area (Å²) in [6.07, 6.45) is 3.47. The van der Waals surface area contributed by atoms with Crippen LogP contribution in [0.4, 0.5) is 4.39 Å². The molecule has 0 aliphatic heterocycles. The first-order chi connectivity index (χ1) is 37.0. The van der Waals surface area contributed by atoms with Crippen molar-refractivity contribution in [3.8, 4) is 57.5 Å². The minimum atomic E-state index is -0.806. The molecule has 0 saturated carbocycles. The van der Waals surface area contributed by atoms with E-state index in [1.54, 1.807) is 70.2 Å². The number of halogens is 1. The summed E-state index contributed by atoms with van der Waals surface area (Å²) in [5.74, 6) is -2.56. The summed E-state index contributed by atoms with van der Waals surface area (Å²) in [6, 6.07) is 24.5. The zero-order chi connectivity index (χ0) is 61.4. The molecule has 5 aromatic rings. The van der Waals surface area contributed by atoms with Crippen LogP contribution in [-0.2, 0) is 46.7 Å². The third kappa shape index (κ3) is 23.9. The zero-order valence-electron chi connectivity index (χ0n) is 48.9. The Morgan fingerprint density at radius 3 is 1.00 bits per heavy atom. The van der Waals surface area contributed by atoms with Crippen molar-refractivity contribution in [2.75, 3.05) is 0 Å². The smallest absolute Gasteiger partial charge is 0.316 e. The average molecular weight is 1120 g/mol. The van der Waals surface area contributed by atoms with E-state index in [1.807, 2.05) is 76.2 Å². The van der Waals surface area contributed by atoms with Crippen LogP contribution in [0.25, 0.3) is 0 Å². The fourth-order valence-corrected chi connectivity index (χ4v) is 5.03. The van der Waals surface area contributed by atoms with E-state index in [1.165, 1.54) is 48.5 Å². The number of ether oxygens (including phenoxy) is 5. The lowest BCUT2D eigenvalue weighted by Gasteiger charge is -2.20. The van der Waals surface area contributed by atoms with Crippen LogP contribution in [0.1, 0.15) is 147 Å². The largest absolute Gasteiger partial charge is 0.508 e. The molecule has 18 heteroatoms. The molecule has 0 aromatic heterocycles. The van der Waals surface area contributed by atoms with Gasteiger partial charge in [0, 0.05) is 12.1 Å². The van der Waals surface area contributed by atoms with Gasteiger partial charge in [-0.2, -0.15) is 0 Å². The highest BCUT2D eigenvalue weighted by Crippen LogP contribution is 2.32. The molecule has 0 heterocycles. The zero-order valence-corrected chi connectivity index (χ0v) is 48.9. The Bertz CT molecular complexity index is 2700. The van der Waals surface area contributed by atoms with Crippen molar-refractivity contribution < 1.29 is 87.8 Å². The highest BCUT2D eigenvalue weighted by Gasteiger charge is 2.31. The van der Waals surface area contributed by atoms with Crippen molar-refractivity contribution in [1.82, 2.24) is 0 Å². The second kappa shape index (κ2) is 31.5. The normalized spacial score (nSPS) is 11.2. The fourth-order valence-electron chi connectivity index (χ4n) is 5.03. The van der Waals surface area contributed by atoms with Crippen LogP contribution in [0.5, 0.6) is 57.5 Å². The molecule has 0 spiro atoms. The Morgan fingerprint density at radius 2 is 0.637 bits per heavy atom. The molecule has 0 unspecified atom stereocenters. The number of phenols is 7. The van der Waals surface area contributed by atoms with Crippen LogP contribution < -0.4 is 14.2 Å². The molecule has 0 saturated heterocycles. The fraction of sp³-hybridized carbons (Fsp3) is 0.435. The van der Waals surface area contributed by atoms with Gasteiger partial charge in [-0.15, -0.1) is 0 Å². The van der Waals surface area contributed by atoms with Gasteiger partial charge >= 0.3 is 29.8 Å². The molecule has 440 valence electrons. The Hall–Kier alpha value is -8.02. The number of carbonyl (C=O) groups is 5. The molecule has 0 bridgehead atoms. The second-order valence-corrected chi connectivity index (χ2v) is 21.8. The van der Waals surface area contributed by atoms with Gasteiger partial charge in [-0.05, 0) is 185 Å². The van der Waals surface area contributed by atoms with Crippen LogP contribution in [-0.4, -0.2) is 65.6 Å². The van der Waals surface area contributed by atoms with Crippen LogP contribution in [0.2, 0.25) is 0 Å². The van der Waals surface area contributed by atoms with Gasteiger partial charge in [-0.1, -0.05) is 52.8 Å². The minimum Gasteiger partial charge on any atom is -0.508 e. The van der Waals surface area contributed by atoms with E-state index < -0.39 is 44.6 Å². The number of phenolic OH excluding ortho intramolecular Hbond substituents is 7. The van der Waals surface area contributed by atoms with Crippen molar-refractivity contribution in [3.63, 3.8) is 0 Å². The van der Waals surface area contributed by atoms with E-state index in [4.69, 9.17) is 49.2 Å². The Kier molecular flexibility index (Phi) is 27.6. The summed E-state index contributed by atoms with van der Waals surface area (Å²) in [5.41, 5.74) is -1.06. The third-order valence-corrected chi connectivity index (χ3v) is 13.2. The predicted molar refractivity (Wildman–Crippen MR) is 301 cm³/mol. The SMILES string of the molecule is CCC(C)(C)C(=O)OCc1ccc(O)c(O)c1.CCC(C)(C)C(=O)OCc1ccc(O)cc1.CCC(C)(C)C(=O)Oc1ccc(O)c(F)c1.CCC(C)(C)C(=O)Oc1ccc(O)c(O)c1.CCC(C)(C)C(=O)Oc1ccc(O)cc1. The summed E-state index contributed by atoms with van der Waals surface area (Å²) >= 11 is 0. The topological polar surface area (TPSA) is 273 Å². The summed E-state index contributed by atoms with van der Waals surface area (Å²) in [4.78, 5) is 58.4. The molecule has 0 radical (unpaired) electrons. The first kappa shape index (κ1) is 70.0. The van der Waals surface area contributed by atoms with Gasteiger partial charge in [0.15, 0.2) is 34.6 Å². The van der Waals surface area contributed by atoms with Crippen LogP contribution >= 0.6 is 0 Å². The lowest BCUT2D eigenvalue weighted by Crippen LogP contribution is -2.28. The number of rotatable bonds is 17. The molecular weight excluding hydrogens is 1040 g/mol. The molecule has 0 amide bonds. The third-order valence-electron chi connectivity index (χ3n) is 13.2. The Labute approximate surface area is 469 Å². The van der Waals surface area contributed by atoms with Crippen LogP contribution in [0.15, 0.2) is 103 Å². The highest BCUT2D eigenvalue weighted by atomic mass is 19.1. The summed E-state index contributed by atoms with van der Waals surface area (Å²) < 4.78 is 38.6. The number of carbonyl (C=O) groups excluding carboxylic acids is 5. The molecule has 0 aliphatic carbocycles. The van der Waals surface area contributed by atoms with Gasteiger partial charge in [0.2, 0.25) is 0 Å². The standard InChI is InChI=1S/C13H18O4.C13H18O3.C12H15FO3.C12H16O4.C12H16O3/c1-4-13(2,3)12(16)17-8-9-5-6-10(14)11(15)7-9;1-4-13(2,3)12(15)16-9-10-5-7-11(14)8-6-10;1-4-12(2,3)11(15)16-8-5-6-10(14)9(13)7-8;1-4-12(2,3)11(15)16-8-5-6-9(13)10(14)7-8;1-4-12(2,3)11(14)15-10-7-5-9(13)6-8-10/h5-7,14-15H,4,8H2,1-3H3;5-8,14H,4,9H2,1-3H3;5-7,14H,4H2,1-3H3;5-7,13-14H,4H2,1-3H3;5-8,13H,4H2,1-3H3. The molecular formula is C62H83FO17. The lowest BCUT2D eigenvalue weighted by molar-refractivity contribution is -0.156. The van der Waals surface area contributed by atoms with Gasteiger partial charge in [-0.25, -0.2) is 4.39 Å². The number of aromatic hydroxyl groups is 7. The van der Waals surface area contributed by atoms with E-state index in [9.17, 15) is 38.6 Å². The number of benzene rings is 5. The molecule has 7 N–H and O–H groups in total. The van der Waals surface area contributed by atoms with E-state index in [2.05, 4.69) is 0 Å². The molecule has 80 heavy (non-hydrogen) atoms. The maximum atomic E-state index is 13.0. The highest BCUT2D eigenvalue weighted by molar-refractivity contribution is 5.80. The van der Waals surface area contributed by atoms with E-state index in [0.29, 0.717) is 30.6 Å². The first-order valence-electron chi connectivity index (χ1n) is 26.1. The average Bonchev–Trinajstić information content (AvgIpc) is 3.41. The van der Waals surface area contributed by atoms with Crippen LogP contribution in [0, 0.1) is 32.9 Å². The van der Waals surface area contributed by atoms with Gasteiger partial charge in [0.05, 0.1) is 27.1 Å². The van der Waals surface area contributed by atoms with Gasteiger partial charge in [0.1, 0.15) is 42.0 Å². The second-order valence-electron chi connectivity index (χ2n) is 21.8. The van der Waals surface area contributed by atoms with Crippen molar-refractivity contribution in [2.45, 2.75) is 149 Å². The Morgan fingerprint density at radius 1 is 0.350 bits per heavy atom. The molecule has 5 aromatic carbocycles. The molecule has 5 rings (SSSR count). The predicted octanol–water partition coefficient (Wildman–Crippen LogP) is 13.5. The van der Waals surface area contributed by atoms with E-state index >= 15 is 0 Å². The molecule has 0 atom stereocenters. The number of hydrogen-bond donors (Lipinski definition) is 7. The van der Waals surface area contributed by atoms with Gasteiger partial charge in [-0.3, -0.25) is 24.0 Å². The monoisotopic (exact) mass is 1120 g/mol. The van der Waals surface area contributed by atoms with E-state index in [-0.39, 0.29) is 83.1 Å².